The van der Waals surface area contributed by atoms with E-state index in [4.69, 9.17) is 10.5 Å². The summed E-state index contributed by atoms with van der Waals surface area (Å²) in [4.78, 5) is 11.5. The smallest absolute Gasteiger partial charge is 0.315 e. The Kier molecular flexibility index (Phi) is 3.48. The Hall–Kier alpha value is -1.76. The van der Waals surface area contributed by atoms with Crippen LogP contribution in [0.1, 0.15) is 12.0 Å². The summed E-state index contributed by atoms with van der Waals surface area (Å²) in [7, 11) is 1.76. The third kappa shape index (κ3) is 2.88. The second-order valence-electron chi connectivity index (χ2n) is 4.07. The Morgan fingerprint density at radius 2 is 2.59 bits per heavy atom. The van der Waals surface area contributed by atoms with E-state index < -0.39 is 0 Å². The number of carbonyl (C=O) groups is 1. The molecule has 1 fully saturated rings. The van der Waals surface area contributed by atoms with E-state index in [1.807, 2.05) is 0 Å². The average Bonchev–Trinajstić information content (AvgIpc) is 2.90. The van der Waals surface area contributed by atoms with Gasteiger partial charge in [0.25, 0.3) is 0 Å². The molecule has 1 aliphatic rings. The van der Waals surface area contributed by atoms with Crippen LogP contribution in [0, 0.1) is 0 Å². The number of nitrogens with zero attached hydrogens (tertiary/aromatic N) is 2. The van der Waals surface area contributed by atoms with Crippen molar-refractivity contribution in [2.75, 3.05) is 18.9 Å². The number of ether oxygens (including phenoxy) is 1. The van der Waals surface area contributed by atoms with Gasteiger partial charge in [0.05, 0.1) is 18.8 Å². The molecule has 7 heteroatoms. The van der Waals surface area contributed by atoms with Crippen molar-refractivity contribution in [1.82, 2.24) is 20.4 Å². The number of anilines is 1. The molecule has 94 valence electrons. The number of urea groups is 1. The standard InChI is InChI=1S/C10H17N5O2/c1-15-9(11)7(5-13-15)4-12-10(16)14-8-2-3-17-6-8/h5,8H,2-4,6,11H2,1H3,(H2,12,14,16). The first kappa shape index (κ1) is 11.7. The Bertz CT molecular complexity index is 397. The molecule has 1 unspecified atom stereocenters. The molecule has 1 aromatic heterocycles. The molecule has 4 N–H and O–H groups in total. The van der Waals surface area contributed by atoms with Crippen LogP contribution in [-0.2, 0) is 18.3 Å². The van der Waals surface area contributed by atoms with Gasteiger partial charge in [0.2, 0.25) is 0 Å². The molecule has 2 rings (SSSR count). The Morgan fingerprint density at radius 3 is 3.18 bits per heavy atom. The van der Waals surface area contributed by atoms with E-state index in [0.29, 0.717) is 25.6 Å². The van der Waals surface area contributed by atoms with Gasteiger partial charge in [-0.05, 0) is 6.42 Å². The number of nitrogens with one attached hydrogen (secondary N) is 2. The zero-order valence-electron chi connectivity index (χ0n) is 9.77. The fraction of sp³-hybridized carbons (Fsp3) is 0.600. The van der Waals surface area contributed by atoms with Crippen LogP contribution in [0.25, 0.3) is 0 Å². The number of aromatic nitrogens is 2. The van der Waals surface area contributed by atoms with E-state index in [-0.39, 0.29) is 12.1 Å². The molecule has 0 bridgehead atoms. The summed E-state index contributed by atoms with van der Waals surface area (Å²) < 4.78 is 6.74. The van der Waals surface area contributed by atoms with Crippen molar-refractivity contribution in [1.29, 1.82) is 0 Å². The van der Waals surface area contributed by atoms with Crippen LogP contribution in [0.2, 0.25) is 0 Å². The largest absolute Gasteiger partial charge is 0.384 e. The monoisotopic (exact) mass is 239 g/mol. The average molecular weight is 239 g/mol. The highest BCUT2D eigenvalue weighted by atomic mass is 16.5. The second kappa shape index (κ2) is 5.05. The molecule has 7 nitrogen and oxygen atoms in total. The molecule has 0 saturated carbocycles. The van der Waals surface area contributed by atoms with Gasteiger partial charge >= 0.3 is 6.03 Å². The van der Waals surface area contributed by atoms with Crippen LogP contribution >= 0.6 is 0 Å². The minimum absolute atomic E-state index is 0.112. The van der Waals surface area contributed by atoms with Crippen molar-refractivity contribution in [3.8, 4) is 0 Å². The molecular weight excluding hydrogens is 222 g/mol. The highest BCUT2D eigenvalue weighted by molar-refractivity contribution is 5.74. The molecule has 1 saturated heterocycles. The normalized spacial score (nSPS) is 19.2. The minimum Gasteiger partial charge on any atom is -0.384 e. The number of hydrogen-bond acceptors (Lipinski definition) is 4. The molecule has 1 aromatic rings. The zero-order chi connectivity index (χ0) is 12.3. The fourth-order valence-corrected chi connectivity index (χ4v) is 1.69. The predicted octanol–water partition coefficient (Wildman–Crippen LogP) is -0.410. The number of aryl methyl sites for hydroxylation is 1. The molecule has 2 amide bonds. The molecule has 1 aliphatic heterocycles. The van der Waals surface area contributed by atoms with Crippen LogP contribution in [0.15, 0.2) is 6.20 Å². The summed E-state index contributed by atoms with van der Waals surface area (Å²) in [5, 5.41) is 9.57. The van der Waals surface area contributed by atoms with Crippen molar-refractivity contribution in [2.24, 2.45) is 7.05 Å². The quantitative estimate of drug-likeness (QED) is 0.668. The topological polar surface area (TPSA) is 94.2 Å². The molecular formula is C10H17N5O2. The molecule has 0 aromatic carbocycles. The Labute approximate surface area is 99.3 Å². The number of nitrogen functional groups attached to an aromatic ring is 1. The minimum atomic E-state index is -0.205. The van der Waals surface area contributed by atoms with Gasteiger partial charge < -0.3 is 21.1 Å². The van der Waals surface area contributed by atoms with Crippen molar-refractivity contribution in [2.45, 2.75) is 19.0 Å². The zero-order valence-corrected chi connectivity index (χ0v) is 9.77. The van der Waals surface area contributed by atoms with Gasteiger partial charge in [-0.25, -0.2) is 4.79 Å². The van der Waals surface area contributed by atoms with E-state index in [1.165, 1.54) is 0 Å². The first-order valence-electron chi connectivity index (χ1n) is 5.55. The lowest BCUT2D eigenvalue weighted by atomic mass is 10.3. The van der Waals surface area contributed by atoms with E-state index in [1.54, 1.807) is 17.9 Å². The maximum absolute atomic E-state index is 11.5. The van der Waals surface area contributed by atoms with Gasteiger partial charge in [-0.1, -0.05) is 0 Å². The van der Waals surface area contributed by atoms with Crippen molar-refractivity contribution in [3.05, 3.63) is 11.8 Å². The molecule has 0 aliphatic carbocycles. The first-order chi connectivity index (χ1) is 8.16. The first-order valence-corrected chi connectivity index (χ1v) is 5.55. The Balaban J connectivity index is 1.77. The van der Waals surface area contributed by atoms with Crippen LogP contribution in [0.3, 0.4) is 0 Å². The number of nitrogens with two attached hydrogens (primary N) is 1. The lowest BCUT2D eigenvalue weighted by Gasteiger charge is -2.11. The van der Waals surface area contributed by atoms with Gasteiger partial charge in [0, 0.05) is 25.8 Å². The van der Waals surface area contributed by atoms with Gasteiger partial charge in [0.1, 0.15) is 5.82 Å². The summed E-state index contributed by atoms with van der Waals surface area (Å²) in [6, 6.07) is -0.0926. The van der Waals surface area contributed by atoms with E-state index in [2.05, 4.69) is 15.7 Å². The van der Waals surface area contributed by atoms with Crippen molar-refractivity contribution >= 4 is 11.8 Å². The maximum atomic E-state index is 11.5. The molecule has 2 heterocycles. The van der Waals surface area contributed by atoms with Crippen LogP contribution in [0.5, 0.6) is 0 Å². The fourth-order valence-electron chi connectivity index (χ4n) is 1.69. The Morgan fingerprint density at radius 1 is 1.76 bits per heavy atom. The van der Waals surface area contributed by atoms with Gasteiger partial charge in [-0.3, -0.25) is 4.68 Å². The third-order valence-electron chi connectivity index (χ3n) is 2.77. The van der Waals surface area contributed by atoms with Crippen LogP contribution in [-0.4, -0.2) is 35.1 Å². The molecule has 0 spiro atoms. The van der Waals surface area contributed by atoms with Gasteiger partial charge in [-0.2, -0.15) is 5.10 Å². The maximum Gasteiger partial charge on any atom is 0.315 e. The van der Waals surface area contributed by atoms with Crippen molar-refractivity contribution < 1.29 is 9.53 Å². The predicted molar refractivity (Wildman–Crippen MR) is 62.2 cm³/mol. The molecule has 1 atom stereocenters. The highest BCUT2D eigenvalue weighted by Gasteiger charge is 2.17. The lowest BCUT2D eigenvalue weighted by Crippen LogP contribution is -2.42. The number of hydrogen-bond donors (Lipinski definition) is 3. The van der Waals surface area contributed by atoms with E-state index in [9.17, 15) is 4.79 Å². The number of amides is 2. The van der Waals surface area contributed by atoms with Crippen LogP contribution < -0.4 is 16.4 Å². The number of carbonyl (C=O) groups excluding carboxylic acids is 1. The second-order valence-corrected chi connectivity index (χ2v) is 4.07. The van der Waals surface area contributed by atoms with Crippen molar-refractivity contribution in [3.63, 3.8) is 0 Å². The summed E-state index contributed by atoms with van der Waals surface area (Å²) in [5.41, 5.74) is 6.57. The van der Waals surface area contributed by atoms with E-state index in [0.717, 1.165) is 12.0 Å². The molecule has 0 radical (unpaired) electrons. The van der Waals surface area contributed by atoms with Crippen LogP contribution in [0.4, 0.5) is 10.6 Å². The lowest BCUT2D eigenvalue weighted by molar-refractivity contribution is 0.188. The van der Waals surface area contributed by atoms with Gasteiger partial charge in [0.15, 0.2) is 0 Å². The number of rotatable bonds is 3. The SMILES string of the molecule is Cn1ncc(CNC(=O)NC2CCOC2)c1N. The van der Waals surface area contributed by atoms with Gasteiger partial charge in [-0.15, -0.1) is 0 Å². The van der Waals surface area contributed by atoms with E-state index >= 15 is 0 Å². The summed E-state index contributed by atoms with van der Waals surface area (Å²) in [6.45, 7) is 1.67. The summed E-state index contributed by atoms with van der Waals surface area (Å²) >= 11 is 0. The third-order valence-corrected chi connectivity index (χ3v) is 2.77. The summed E-state index contributed by atoms with van der Waals surface area (Å²) in [5.74, 6) is 0.564. The molecule has 17 heavy (non-hydrogen) atoms. The highest BCUT2D eigenvalue weighted by Crippen LogP contribution is 2.08. The summed E-state index contributed by atoms with van der Waals surface area (Å²) in [6.07, 6.45) is 2.51.